The Morgan fingerprint density at radius 2 is 1.78 bits per heavy atom. The third kappa shape index (κ3) is 6.17. The fourth-order valence-electron chi connectivity index (χ4n) is 4.10. The Morgan fingerprint density at radius 1 is 1.19 bits per heavy atom. The molecule has 0 N–H and O–H groups in total. The number of halogens is 2. The van der Waals surface area contributed by atoms with Crippen molar-refractivity contribution >= 4 is 31.5 Å². The third-order valence-electron chi connectivity index (χ3n) is 6.08. The molecule has 0 spiro atoms. The summed E-state index contributed by atoms with van der Waals surface area (Å²) in [4.78, 5) is 4.11. The molecule has 1 aromatic heterocycles. The largest absolute Gasteiger partial charge is 0.410 e. The highest BCUT2D eigenvalue weighted by Gasteiger charge is 2.35. The zero-order valence-corrected chi connectivity index (χ0v) is 20.0. The van der Waals surface area contributed by atoms with Gasteiger partial charge in [-0.3, -0.25) is 4.98 Å². The highest BCUT2D eigenvalue weighted by Crippen LogP contribution is 2.40. The first-order valence-electron chi connectivity index (χ1n) is 10.4. The van der Waals surface area contributed by atoms with Gasteiger partial charge < -0.3 is 9.16 Å². The second-order valence-electron chi connectivity index (χ2n) is 8.34. The molecule has 1 fully saturated rings. The van der Waals surface area contributed by atoms with Gasteiger partial charge in [0, 0.05) is 18.0 Å². The summed E-state index contributed by atoms with van der Waals surface area (Å²) in [6, 6.07) is 3.32. The molecule has 1 unspecified atom stereocenters. The third-order valence-corrected chi connectivity index (χ3v) is 11.3. The number of hydrogen-bond acceptors (Lipinski definition) is 3. The second kappa shape index (κ2) is 10.1. The number of pyridine rings is 1. The normalized spacial score (nSPS) is 20.8. The van der Waals surface area contributed by atoms with Gasteiger partial charge >= 0.3 is 0 Å². The summed E-state index contributed by atoms with van der Waals surface area (Å²) >= 11 is 13.0. The number of nitrogens with zero attached hydrogens (tertiary/aromatic N) is 1. The summed E-state index contributed by atoms with van der Waals surface area (Å²) in [6.07, 6.45) is 8.94. The first-order valence-corrected chi connectivity index (χ1v) is 13.7. The van der Waals surface area contributed by atoms with Crippen LogP contribution in [0.2, 0.25) is 28.2 Å². The van der Waals surface area contributed by atoms with E-state index in [0.717, 1.165) is 55.8 Å². The molecule has 1 aliphatic heterocycles. The summed E-state index contributed by atoms with van der Waals surface area (Å²) in [7, 11) is -1.78. The van der Waals surface area contributed by atoms with Crippen LogP contribution in [0.25, 0.3) is 0 Å². The monoisotopic (exact) mass is 431 g/mol. The van der Waals surface area contributed by atoms with Gasteiger partial charge in [-0.15, -0.1) is 0 Å². The molecule has 0 radical (unpaired) electrons. The Hall–Kier alpha value is -0.133. The number of rotatable bonds is 10. The van der Waals surface area contributed by atoms with Gasteiger partial charge in [0.05, 0.1) is 27.9 Å². The van der Waals surface area contributed by atoms with E-state index < -0.39 is 8.32 Å². The van der Waals surface area contributed by atoms with Crippen molar-refractivity contribution in [1.82, 2.24) is 4.98 Å². The number of ether oxygens (including phenoxy) is 1. The van der Waals surface area contributed by atoms with Crippen LogP contribution < -0.4 is 0 Å². The molecule has 27 heavy (non-hydrogen) atoms. The molecule has 0 saturated carbocycles. The maximum atomic E-state index is 6.84. The molecule has 154 valence electrons. The topological polar surface area (TPSA) is 31.4 Å². The summed E-state index contributed by atoms with van der Waals surface area (Å²) in [5.41, 5.74) is 0.931. The van der Waals surface area contributed by atoms with E-state index in [-0.39, 0.29) is 11.7 Å². The minimum atomic E-state index is -1.78. The molecule has 2 rings (SSSR count). The van der Waals surface area contributed by atoms with Gasteiger partial charge in [0.2, 0.25) is 0 Å². The van der Waals surface area contributed by atoms with Gasteiger partial charge in [0.25, 0.3) is 0 Å². The minimum Gasteiger partial charge on any atom is -0.410 e. The van der Waals surface area contributed by atoms with Crippen molar-refractivity contribution in [2.75, 3.05) is 0 Å². The van der Waals surface area contributed by atoms with E-state index in [1.165, 1.54) is 0 Å². The summed E-state index contributed by atoms with van der Waals surface area (Å²) in [6.45, 7) is 11.1. The maximum absolute atomic E-state index is 6.84. The van der Waals surface area contributed by atoms with Crippen LogP contribution in [-0.4, -0.2) is 25.0 Å². The molecule has 3 nitrogen and oxygen atoms in total. The molecule has 0 aliphatic carbocycles. The van der Waals surface area contributed by atoms with Crippen LogP contribution in [-0.2, 0) is 9.16 Å². The average molecular weight is 433 g/mol. The van der Waals surface area contributed by atoms with Crippen LogP contribution in [0.4, 0.5) is 0 Å². The smallest absolute Gasteiger partial charge is 0.192 e. The van der Waals surface area contributed by atoms with E-state index in [4.69, 9.17) is 32.4 Å². The van der Waals surface area contributed by atoms with Crippen molar-refractivity contribution < 1.29 is 9.16 Å². The van der Waals surface area contributed by atoms with Gasteiger partial charge in [-0.2, -0.15) is 0 Å². The van der Waals surface area contributed by atoms with E-state index in [9.17, 15) is 0 Å². The molecule has 0 bridgehead atoms. The number of hydrogen-bond donors (Lipinski definition) is 0. The van der Waals surface area contributed by atoms with E-state index in [0.29, 0.717) is 16.1 Å². The van der Waals surface area contributed by atoms with Crippen LogP contribution >= 0.6 is 23.2 Å². The van der Waals surface area contributed by atoms with Crippen LogP contribution in [0.1, 0.15) is 78.4 Å². The zero-order valence-electron chi connectivity index (χ0n) is 17.5. The molecule has 6 heteroatoms. The van der Waals surface area contributed by atoms with Crippen molar-refractivity contribution in [3.63, 3.8) is 0 Å². The lowest BCUT2D eigenvalue weighted by molar-refractivity contribution is -0.0200. The van der Waals surface area contributed by atoms with Gasteiger partial charge in [0.15, 0.2) is 8.32 Å². The molecule has 1 aliphatic rings. The first kappa shape index (κ1) is 23.1. The predicted molar refractivity (Wildman–Crippen MR) is 117 cm³/mol. The molecule has 2 heterocycles. The van der Waals surface area contributed by atoms with Gasteiger partial charge in [0.1, 0.15) is 0 Å². The highest BCUT2D eigenvalue weighted by molar-refractivity contribution is 6.73. The lowest BCUT2D eigenvalue weighted by Crippen LogP contribution is -2.37. The molecule has 1 aromatic rings. The van der Waals surface area contributed by atoms with Crippen LogP contribution in [0.15, 0.2) is 12.4 Å². The Labute approximate surface area is 176 Å². The van der Waals surface area contributed by atoms with Crippen molar-refractivity contribution in [2.45, 2.75) is 103 Å². The fraction of sp³-hybridized carbons (Fsp3) is 0.762. The molecular formula is C21H35Cl2NO2Si. The Bertz CT molecular complexity index is 579. The van der Waals surface area contributed by atoms with Crippen LogP contribution in [0.3, 0.4) is 0 Å². The lowest BCUT2D eigenvalue weighted by atomic mass is 10.0. The minimum absolute atomic E-state index is 0.0208. The SMILES string of the molecule is CC[Si](CC)(CC)OC(CCC[C@@H]1CCC(C)(C)O1)c1c(Cl)cncc1Cl. The molecule has 0 aromatic carbocycles. The summed E-state index contributed by atoms with van der Waals surface area (Å²) in [5.74, 6) is 0. The quantitative estimate of drug-likeness (QED) is 0.357. The van der Waals surface area contributed by atoms with E-state index in [2.05, 4.69) is 39.6 Å². The van der Waals surface area contributed by atoms with Crippen molar-refractivity contribution in [1.29, 1.82) is 0 Å². The van der Waals surface area contributed by atoms with E-state index >= 15 is 0 Å². The van der Waals surface area contributed by atoms with E-state index in [1.807, 2.05) is 0 Å². The Morgan fingerprint density at radius 3 is 2.26 bits per heavy atom. The fourth-order valence-corrected chi connectivity index (χ4v) is 7.55. The molecule has 2 atom stereocenters. The van der Waals surface area contributed by atoms with Gasteiger partial charge in [-0.05, 0) is 64.1 Å². The zero-order chi connectivity index (χ0) is 20.1. The Kier molecular flexibility index (Phi) is 8.63. The number of aromatic nitrogens is 1. The van der Waals surface area contributed by atoms with Crippen molar-refractivity contribution in [2.24, 2.45) is 0 Å². The molecule has 1 saturated heterocycles. The second-order valence-corrected chi connectivity index (χ2v) is 13.9. The maximum Gasteiger partial charge on any atom is 0.192 e. The van der Waals surface area contributed by atoms with Crippen molar-refractivity contribution in [3.8, 4) is 0 Å². The average Bonchev–Trinajstić information content (AvgIpc) is 2.98. The van der Waals surface area contributed by atoms with Crippen molar-refractivity contribution in [3.05, 3.63) is 28.0 Å². The molecular weight excluding hydrogens is 397 g/mol. The van der Waals surface area contributed by atoms with Crippen LogP contribution in [0, 0.1) is 0 Å². The van der Waals surface area contributed by atoms with E-state index in [1.54, 1.807) is 12.4 Å². The summed E-state index contributed by atoms with van der Waals surface area (Å²) < 4.78 is 13.0. The highest BCUT2D eigenvalue weighted by atomic mass is 35.5. The molecule has 0 amide bonds. The van der Waals surface area contributed by atoms with Crippen LogP contribution in [0.5, 0.6) is 0 Å². The summed E-state index contributed by atoms with van der Waals surface area (Å²) in [5, 5.41) is 1.22. The first-order chi connectivity index (χ1) is 12.8. The standard InChI is InChI=1S/C21H35Cl2NO2Si/c1-6-27(7-2,8-3)26-19(20-17(22)14-24-15-18(20)23)11-9-10-16-12-13-21(4,5)25-16/h14-16,19H,6-13H2,1-5H3/t16-,19?/m1/s1. The Balaban J connectivity index is 2.12. The predicted octanol–water partition coefficient (Wildman–Crippen LogP) is 7.58. The van der Waals surface area contributed by atoms with Gasteiger partial charge in [-0.25, -0.2) is 0 Å². The van der Waals surface area contributed by atoms with Gasteiger partial charge in [-0.1, -0.05) is 44.0 Å². The lowest BCUT2D eigenvalue weighted by Gasteiger charge is -2.34.